The van der Waals surface area contributed by atoms with Crippen molar-refractivity contribution in [2.75, 3.05) is 19.1 Å². The lowest BCUT2D eigenvalue weighted by Gasteiger charge is -2.50. The minimum absolute atomic E-state index is 0.00772. The Kier molecular flexibility index (Phi) is 4.73. The second kappa shape index (κ2) is 6.00. The van der Waals surface area contributed by atoms with Crippen molar-refractivity contribution >= 4 is 23.4 Å². The van der Waals surface area contributed by atoms with Gasteiger partial charge in [-0.15, -0.1) is 11.6 Å². The molecule has 0 aromatic rings. The normalized spacial score (nSPS) is 36.7. The van der Waals surface area contributed by atoms with E-state index in [0.717, 1.165) is 6.92 Å². The Hall–Kier alpha value is -1.23. The molecule has 9 nitrogen and oxygen atoms in total. The number of carbonyl (C=O) groups is 2. The van der Waals surface area contributed by atoms with E-state index in [2.05, 4.69) is 10.6 Å². The topological polar surface area (TPSA) is 148 Å². The number of hydrogen-bond acceptors (Lipinski definition) is 7. The lowest BCUT2D eigenvalue weighted by molar-refractivity contribution is -0.230. The average molecular weight is 351 g/mol. The fourth-order valence-electron chi connectivity index (χ4n) is 2.60. The first-order valence-corrected chi connectivity index (χ1v) is 7.46. The number of aliphatic hydroxyl groups is 4. The van der Waals surface area contributed by atoms with E-state index < -0.39 is 41.6 Å². The molecule has 0 saturated carbocycles. The van der Waals surface area contributed by atoms with E-state index in [9.17, 15) is 30.0 Å². The predicted octanol–water partition coefficient (Wildman–Crippen LogP) is -2.69. The molecule has 0 spiro atoms. The van der Waals surface area contributed by atoms with Crippen molar-refractivity contribution in [2.45, 2.75) is 36.5 Å². The van der Waals surface area contributed by atoms with Crippen molar-refractivity contribution in [1.29, 1.82) is 0 Å². The molecule has 2 bridgehead atoms. The van der Waals surface area contributed by atoms with Gasteiger partial charge in [-0.3, -0.25) is 9.59 Å². The van der Waals surface area contributed by atoms with Crippen LogP contribution in [0, 0.1) is 0 Å². The monoisotopic (exact) mass is 350 g/mol. The number of rotatable bonds is 4. The van der Waals surface area contributed by atoms with Gasteiger partial charge in [-0.05, 0) is 18.9 Å². The van der Waals surface area contributed by atoms with E-state index in [1.165, 1.54) is 6.08 Å². The van der Waals surface area contributed by atoms with Gasteiger partial charge in [0.15, 0.2) is 0 Å². The third kappa shape index (κ3) is 2.73. The van der Waals surface area contributed by atoms with Gasteiger partial charge in [-0.25, -0.2) is 0 Å². The fraction of sp³-hybridized carbons (Fsp3) is 0.692. The largest absolute Gasteiger partial charge is 0.393 e. The number of aliphatic hydroxyl groups excluding tert-OH is 2. The molecule has 23 heavy (non-hydrogen) atoms. The van der Waals surface area contributed by atoms with Gasteiger partial charge < -0.3 is 35.8 Å². The van der Waals surface area contributed by atoms with Crippen molar-refractivity contribution in [2.24, 2.45) is 0 Å². The summed E-state index contributed by atoms with van der Waals surface area (Å²) in [6.07, 6.45) is -0.539. The number of carbonyl (C=O) groups excluding carboxylic acids is 2. The maximum atomic E-state index is 12.4. The average Bonchev–Trinajstić information content (AvgIpc) is 2.49. The minimum atomic E-state index is -2.33. The van der Waals surface area contributed by atoms with E-state index in [4.69, 9.17) is 16.3 Å². The third-order valence-corrected chi connectivity index (χ3v) is 4.20. The SMILES string of the molecule is C[C@](O)(CO)[C@H](O)[C@@]12NC(=O)[C@@](O)(NC1=O)/C(=C\CCl)CCO2. The zero-order chi connectivity index (χ0) is 17.5. The number of fused-ring (bicyclic) bond motifs is 5. The van der Waals surface area contributed by atoms with Crippen LogP contribution in [-0.4, -0.2) is 74.5 Å². The Morgan fingerprint density at radius 3 is 2.65 bits per heavy atom. The summed E-state index contributed by atoms with van der Waals surface area (Å²) >= 11 is 5.59. The summed E-state index contributed by atoms with van der Waals surface area (Å²) in [5, 5.41) is 44.2. The summed E-state index contributed by atoms with van der Waals surface area (Å²) in [6.45, 7) is 0.0506. The maximum Gasteiger partial charge on any atom is 0.280 e. The van der Waals surface area contributed by atoms with Gasteiger partial charge in [0.1, 0.15) is 11.7 Å². The van der Waals surface area contributed by atoms with Crippen LogP contribution in [0.5, 0.6) is 0 Å². The van der Waals surface area contributed by atoms with Gasteiger partial charge >= 0.3 is 0 Å². The molecule has 6 N–H and O–H groups in total. The molecule has 3 fully saturated rings. The van der Waals surface area contributed by atoms with Gasteiger partial charge in [-0.2, -0.15) is 0 Å². The van der Waals surface area contributed by atoms with Crippen LogP contribution in [0.2, 0.25) is 0 Å². The van der Waals surface area contributed by atoms with Crippen LogP contribution in [0.1, 0.15) is 13.3 Å². The second-order valence-electron chi connectivity index (χ2n) is 5.75. The summed E-state index contributed by atoms with van der Waals surface area (Å²) in [4.78, 5) is 24.7. The molecule has 3 rings (SSSR count). The number of alkyl halides is 1. The number of ether oxygens (including phenoxy) is 1. The molecule has 3 heterocycles. The number of halogens is 1. The highest BCUT2D eigenvalue weighted by Crippen LogP contribution is 2.33. The first kappa shape index (κ1) is 18.1. The Labute approximate surface area is 136 Å². The Balaban J connectivity index is 2.47. The van der Waals surface area contributed by atoms with Gasteiger partial charge in [0.25, 0.3) is 17.5 Å². The molecular weight excluding hydrogens is 332 g/mol. The minimum Gasteiger partial charge on any atom is -0.393 e. The van der Waals surface area contributed by atoms with Crippen molar-refractivity contribution in [1.82, 2.24) is 10.6 Å². The number of allylic oxidation sites excluding steroid dienone is 1. The molecule has 2 amide bonds. The summed E-state index contributed by atoms with van der Waals surface area (Å²) < 4.78 is 5.35. The molecular formula is C13H19ClN2O7. The van der Waals surface area contributed by atoms with Crippen LogP contribution in [-0.2, 0) is 14.3 Å². The van der Waals surface area contributed by atoms with Crippen LogP contribution >= 0.6 is 11.6 Å². The summed E-state index contributed by atoms with van der Waals surface area (Å²) in [5.41, 5.74) is -6.63. The number of hydrogen-bond donors (Lipinski definition) is 6. The number of nitrogens with one attached hydrogen (secondary N) is 2. The van der Waals surface area contributed by atoms with Gasteiger partial charge in [0.05, 0.1) is 13.2 Å². The third-order valence-electron chi connectivity index (χ3n) is 4.04. The Bertz CT molecular complexity index is 552. The molecule has 0 aliphatic carbocycles. The van der Waals surface area contributed by atoms with Crippen molar-refractivity contribution in [3.63, 3.8) is 0 Å². The van der Waals surface area contributed by atoms with Crippen molar-refractivity contribution < 1.29 is 34.8 Å². The van der Waals surface area contributed by atoms with Crippen LogP contribution in [0.3, 0.4) is 0 Å². The first-order chi connectivity index (χ1) is 10.6. The molecule has 4 atom stereocenters. The molecule has 130 valence electrons. The van der Waals surface area contributed by atoms with Crippen molar-refractivity contribution in [3.05, 3.63) is 11.6 Å². The standard InChI is InChI=1S/C13H19ClN2O7/c1-11(21,6-17)8(18)13-10(20)15-12(22,9(19)16-13)7(2-4-14)3-5-23-13/h2,8,17-18,21-22H,3-6H2,1H3,(H,15,20)(H,16,19)/b7-2-/t8-,11-,12+,13-/m0/s1. The molecule has 0 radical (unpaired) electrons. The van der Waals surface area contributed by atoms with Gasteiger partial charge in [-0.1, -0.05) is 6.08 Å². The zero-order valence-corrected chi connectivity index (χ0v) is 13.1. The predicted molar refractivity (Wildman–Crippen MR) is 77.1 cm³/mol. The fourth-order valence-corrected chi connectivity index (χ4v) is 2.79. The molecule has 0 aromatic carbocycles. The summed E-state index contributed by atoms with van der Waals surface area (Å²) in [5.74, 6) is -2.09. The Morgan fingerprint density at radius 1 is 1.43 bits per heavy atom. The smallest absolute Gasteiger partial charge is 0.280 e. The first-order valence-electron chi connectivity index (χ1n) is 6.92. The molecule has 3 saturated heterocycles. The molecule has 0 aromatic heterocycles. The maximum absolute atomic E-state index is 12.4. The highest BCUT2D eigenvalue weighted by molar-refractivity contribution is 6.19. The lowest BCUT2D eigenvalue weighted by Crippen LogP contribution is -2.82. The quantitative estimate of drug-likeness (QED) is 0.239. The molecule has 3 aliphatic rings. The van der Waals surface area contributed by atoms with Crippen LogP contribution in [0.15, 0.2) is 11.6 Å². The number of piperazine rings is 1. The van der Waals surface area contributed by atoms with Crippen LogP contribution in [0.25, 0.3) is 0 Å². The van der Waals surface area contributed by atoms with Crippen LogP contribution in [0.4, 0.5) is 0 Å². The summed E-state index contributed by atoms with van der Waals surface area (Å²) in [7, 11) is 0. The lowest BCUT2D eigenvalue weighted by atomic mass is 9.84. The van der Waals surface area contributed by atoms with Gasteiger partial charge in [0.2, 0.25) is 5.72 Å². The highest BCUT2D eigenvalue weighted by atomic mass is 35.5. The van der Waals surface area contributed by atoms with E-state index in [1.807, 2.05) is 0 Å². The molecule has 0 unspecified atom stereocenters. The molecule has 3 aliphatic heterocycles. The molecule has 10 heteroatoms. The van der Waals surface area contributed by atoms with Gasteiger partial charge in [0, 0.05) is 5.88 Å². The number of amides is 2. The van der Waals surface area contributed by atoms with E-state index in [1.54, 1.807) is 0 Å². The van der Waals surface area contributed by atoms with E-state index >= 15 is 0 Å². The van der Waals surface area contributed by atoms with E-state index in [-0.39, 0.29) is 24.5 Å². The van der Waals surface area contributed by atoms with E-state index in [0.29, 0.717) is 0 Å². The van der Waals surface area contributed by atoms with Crippen molar-refractivity contribution in [3.8, 4) is 0 Å². The Morgan fingerprint density at radius 2 is 2.09 bits per heavy atom. The highest BCUT2D eigenvalue weighted by Gasteiger charge is 2.63. The summed E-state index contributed by atoms with van der Waals surface area (Å²) in [6, 6.07) is 0. The second-order valence-corrected chi connectivity index (χ2v) is 6.06. The zero-order valence-electron chi connectivity index (χ0n) is 12.4. The van der Waals surface area contributed by atoms with Crippen LogP contribution < -0.4 is 10.6 Å².